The summed E-state index contributed by atoms with van der Waals surface area (Å²) < 4.78 is 0. The van der Waals surface area contributed by atoms with Gasteiger partial charge in [0.05, 0.1) is 11.4 Å². The average Bonchev–Trinajstić information content (AvgIpc) is 3.44. The molecule has 5 rings (SSSR count). The molecule has 0 N–H and O–H groups in total. The van der Waals surface area contributed by atoms with Crippen LogP contribution in [0.3, 0.4) is 0 Å². The summed E-state index contributed by atoms with van der Waals surface area (Å²) in [7, 11) is 0. The van der Waals surface area contributed by atoms with E-state index in [1.165, 1.54) is 39.1 Å². The van der Waals surface area contributed by atoms with Crippen molar-refractivity contribution in [3.8, 4) is 0 Å². The van der Waals surface area contributed by atoms with Gasteiger partial charge in [-0.2, -0.15) is 0 Å². The van der Waals surface area contributed by atoms with Gasteiger partial charge < -0.3 is 0 Å². The van der Waals surface area contributed by atoms with E-state index in [0.29, 0.717) is 10.9 Å². The highest BCUT2D eigenvalue weighted by atomic mass is 32.2. The Morgan fingerprint density at radius 1 is 1.23 bits per heavy atom. The van der Waals surface area contributed by atoms with E-state index in [4.69, 9.17) is 4.98 Å². The number of carbonyl (C=O) groups is 1. The minimum absolute atomic E-state index is 0.0353. The molecule has 0 saturated heterocycles. The third-order valence-electron chi connectivity index (χ3n) is 5.46. The van der Waals surface area contributed by atoms with Crippen molar-refractivity contribution < 1.29 is 4.79 Å². The molecule has 3 aromatic heterocycles. The number of rotatable bonds is 5. The highest BCUT2D eigenvalue weighted by Crippen LogP contribution is 2.41. The maximum absolute atomic E-state index is 12.5. The molecule has 0 bridgehead atoms. The highest BCUT2D eigenvalue weighted by molar-refractivity contribution is 7.98. The summed E-state index contributed by atoms with van der Waals surface area (Å²) in [4.78, 5) is 30.6. The Bertz CT molecular complexity index is 1290. The smallest absolute Gasteiger partial charge is 0.230 e. The van der Waals surface area contributed by atoms with E-state index < -0.39 is 0 Å². The fraction of sp³-hybridized carbons (Fsp3) is 0.304. The van der Waals surface area contributed by atoms with Crippen LogP contribution in [-0.4, -0.2) is 20.9 Å². The number of hydrogen-bond acceptors (Lipinski definition) is 7. The van der Waals surface area contributed by atoms with Crippen LogP contribution >= 0.6 is 34.4 Å². The van der Waals surface area contributed by atoms with Gasteiger partial charge in [0.25, 0.3) is 0 Å². The van der Waals surface area contributed by atoms with Crippen molar-refractivity contribution in [3.05, 3.63) is 57.2 Å². The van der Waals surface area contributed by atoms with E-state index >= 15 is 0 Å². The number of nitrogens with zero attached hydrogens (tertiary/aromatic N) is 4. The molecule has 3 heterocycles. The Kier molecular flexibility index (Phi) is 5.54. The standard InChI is InChI=1S/C23H22N4OS3/c1-13-7-8-18(14(2)9-13)27(15(3)28)23-26-16(11-30-23)10-29-21-20-17-5-4-6-19(17)31-22(20)25-12-24-21/h7-9,11-12H,4-6,10H2,1-3H3. The predicted octanol–water partition coefficient (Wildman–Crippen LogP) is 6.23. The predicted molar refractivity (Wildman–Crippen MR) is 130 cm³/mol. The van der Waals surface area contributed by atoms with Gasteiger partial charge in [-0.25, -0.2) is 15.0 Å². The van der Waals surface area contributed by atoms with Crippen molar-refractivity contribution in [1.29, 1.82) is 0 Å². The number of hydrogen-bond donors (Lipinski definition) is 0. The molecule has 158 valence electrons. The molecule has 0 atom stereocenters. The number of benzene rings is 1. The number of amides is 1. The summed E-state index contributed by atoms with van der Waals surface area (Å²) in [5.74, 6) is 0.679. The molecular formula is C23H22N4OS3. The van der Waals surface area contributed by atoms with Gasteiger partial charge >= 0.3 is 0 Å². The van der Waals surface area contributed by atoms with Crippen LogP contribution in [0.4, 0.5) is 10.8 Å². The third-order valence-corrected chi connectivity index (χ3v) is 8.56. The molecule has 1 aliphatic rings. The summed E-state index contributed by atoms with van der Waals surface area (Å²) in [6, 6.07) is 6.12. The Hall–Kier alpha value is -2.29. The van der Waals surface area contributed by atoms with Crippen LogP contribution in [0.5, 0.6) is 0 Å². The van der Waals surface area contributed by atoms with Crippen LogP contribution in [-0.2, 0) is 23.4 Å². The number of aromatic nitrogens is 3. The van der Waals surface area contributed by atoms with Gasteiger partial charge in [0.15, 0.2) is 5.13 Å². The molecule has 0 spiro atoms. The zero-order valence-corrected chi connectivity index (χ0v) is 20.1. The minimum atomic E-state index is -0.0353. The van der Waals surface area contributed by atoms with E-state index in [0.717, 1.165) is 39.6 Å². The lowest BCUT2D eigenvalue weighted by Crippen LogP contribution is -2.23. The van der Waals surface area contributed by atoms with Crippen molar-refractivity contribution in [3.63, 3.8) is 0 Å². The van der Waals surface area contributed by atoms with Crippen molar-refractivity contribution in [2.45, 2.75) is 50.8 Å². The van der Waals surface area contributed by atoms with Crippen LogP contribution in [0.25, 0.3) is 10.2 Å². The SMILES string of the molecule is CC(=O)N(c1nc(CSc2ncnc3sc4c(c23)CCC4)cs1)c1ccc(C)cc1C. The van der Waals surface area contributed by atoms with Crippen LogP contribution in [0.1, 0.15) is 40.6 Å². The van der Waals surface area contributed by atoms with Gasteiger partial charge in [0, 0.05) is 28.3 Å². The maximum Gasteiger partial charge on any atom is 0.230 e. The molecule has 0 radical (unpaired) electrons. The topological polar surface area (TPSA) is 59.0 Å². The summed E-state index contributed by atoms with van der Waals surface area (Å²) in [6.45, 7) is 5.67. The first-order valence-corrected chi connectivity index (χ1v) is 12.9. The number of thioether (sulfide) groups is 1. The number of aryl methyl sites for hydroxylation is 4. The zero-order chi connectivity index (χ0) is 21.5. The average molecular weight is 467 g/mol. The molecule has 1 aliphatic carbocycles. The molecular weight excluding hydrogens is 444 g/mol. The number of carbonyl (C=O) groups excluding carboxylic acids is 1. The lowest BCUT2D eigenvalue weighted by molar-refractivity contribution is -0.115. The number of thiophene rings is 1. The van der Waals surface area contributed by atoms with E-state index in [2.05, 4.69) is 23.0 Å². The Morgan fingerprint density at radius 2 is 2.10 bits per heavy atom. The van der Waals surface area contributed by atoms with Gasteiger partial charge in [-0.3, -0.25) is 9.69 Å². The molecule has 8 heteroatoms. The van der Waals surface area contributed by atoms with E-state index in [1.807, 2.05) is 35.8 Å². The third kappa shape index (κ3) is 3.88. The molecule has 0 unspecified atom stereocenters. The minimum Gasteiger partial charge on any atom is -0.274 e. The van der Waals surface area contributed by atoms with Crippen molar-refractivity contribution in [2.75, 3.05) is 4.90 Å². The van der Waals surface area contributed by atoms with Crippen LogP contribution < -0.4 is 4.90 Å². The number of anilines is 2. The summed E-state index contributed by atoms with van der Waals surface area (Å²) in [6.07, 6.45) is 5.18. The number of thiazole rings is 1. The lowest BCUT2D eigenvalue weighted by Gasteiger charge is -2.20. The number of fused-ring (bicyclic) bond motifs is 3. The second kappa shape index (κ2) is 8.33. The lowest BCUT2D eigenvalue weighted by atomic mass is 10.1. The summed E-state index contributed by atoms with van der Waals surface area (Å²) in [5, 5.41) is 5.02. The largest absolute Gasteiger partial charge is 0.274 e. The molecule has 5 nitrogen and oxygen atoms in total. The van der Waals surface area contributed by atoms with Gasteiger partial charge in [0.1, 0.15) is 16.2 Å². The maximum atomic E-state index is 12.5. The Morgan fingerprint density at radius 3 is 2.90 bits per heavy atom. The van der Waals surface area contributed by atoms with Gasteiger partial charge in [-0.1, -0.05) is 29.5 Å². The van der Waals surface area contributed by atoms with Crippen molar-refractivity contribution in [1.82, 2.24) is 15.0 Å². The summed E-state index contributed by atoms with van der Waals surface area (Å²) in [5.41, 5.74) is 5.53. The fourth-order valence-corrected chi connectivity index (χ4v) is 7.28. The van der Waals surface area contributed by atoms with Gasteiger partial charge in [-0.05, 0) is 50.3 Å². The summed E-state index contributed by atoms with van der Waals surface area (Å²) >= 11 is 5.02. The van der Waals surface area contributed by atoms with E-state index in [-0.39, 0.29) is 5.91 Å². The van der Waals surface area contributed by atoms with Crippen LogP contribution in [0.2, 0.25) is 0 Å². The Balaban J connectivity index is 1.40. The first kappa shape index (κ1) is 20.6. The van der Waals surface area contributed by atoms with E-state index in [1.54, 1.807) is 29.9 Å². The van der Waals surface area contributed by atoms with Crippen LogP contribution in [0.15, 0.2) is 34.9 Å². The molecule has 31 heavy (non-hydrogen) atoms. The van der Waals surface area contributed by atoms with E-state index in [9.17, 15) is 4.79 Å². The fourth-order valence-electron chi connectivity index (χ4n) is 4.08. The molecule has 1 aromatic carbocycles. The zero-order valence-electron chi connectivity index (χ0n) is 17.6. The van der Waals surface area contributed by atoms with Crippen LogP contribution in [0, 0.1) is 13.8 Å². The normalized spacial score (nSPS) is 13.0. The van der Waals surface area contributed by atoms with Crippen molar-refractivity contribution >= 4 is 61.4 Å². The highest BCUT2D eigenvalue weighted by Gasteiger charge is 2.22. The monoisotopic (exact) mass is 466 g/mol. The second-order valence-corrected chi connectivity index (χ2v) is 10.7. The first-order chi connectivity index (χ1) is 15.0. The van der Waals surface area contributed by atoms with Crippen molar-refractivity contribution in [2.24, 2.45) is 0 Å². The molecule has 1 amide bonds. The second-order valence-electron chi connectivity index (χ2n) is 7.77. The molecule has 0 aliphatic heterocycles. The molecule has 4 aromatic rings. The molecule has 0 fully saturated rings. The first-order valence-electron chi connectivity index (χ1n) is 10.2. The molecule has 0 saturated carbocycles. The quantitative estimate of drug-likeness (QED) is 0.258. The van der Waals surface area contributed by atoms with Gasteiger partial charge in [0.2, 0.25) is 5.91 Å². The Labute approximate surface area is 193 Å². The van der Waals surface area contributed by atoms with Gasteiger partial charge in [-0.15, -0.1) is 22.7 Å².